The Kier molecular flexibility index (Phi) is 6.74. The van der Waals surface area contributed by atoms with Crippen molar-refractivity contribution in [3.63, 3.8) is 0 Å². The van der Waals surface area contributed by atoms with Crippen LogP contribution in [0.4, 0.5) is 5.69 Å². The Bertz CT molecular complexity index is 881. The SMILES string of the molecule is COc1ccc(OC(C)C(=O)NN=Cc2cc(OC)c(O)c([N+](=O)[O-])c2)cc1. The second-order valence-electron chi connectivity index (χ2n) is 5.52. The molecule has 0 aliphatic rings. The monoisotopic (exact) mass is 389 g/mol. The van der Waals surface area contributed by atoms with Crippen molar-refractivity contribution in [2.75, 3.05) is 14.2 Å². The van der Waals surface area contributed by atoms with Crippen LogP contribution < -0.4 is 19.6 Å². The summed E-state index contributed by atoms with van der Waals surface area (Å²) >= 11 is 0. The number of hydrogen-bond acceptors (Lipinski definition) is 8. The molecule has 10 nitrogen and oxygen atoms in total. The molecule has 10 heteroatoms. The number of amides is 1. The van der Waals surface area contributed by atoms with Crippen molar-refractivity contribution in [1.82, 2.24) is 5.43 Å². The molecule has 1 amide bonds. The Morgan fingerprint density at radius 3 is 2.43 bits per heavy atom. The predicted molar refractivity (Wildman–Crippen MR) is 100 cm³/mol. The van der Waals surface area contributed by atoms with Crippen LogP contribution in [0, 0.1) is 10.1 Å². The normalized spacial score (nSPS) is 11.7. The maximum absolute atomic E-state index is 12.1. The van der Waals surface area contributed by atoms with Crippen molar-refractivity contribution in [2.45, 2.75) is 13.0 Å². The molecular formula is C18H19N3O7. The van der Waals surface area contributed by atoms with Crippen molar-refractivity contribution in [3.05, 3.63) is 52.1 Å². The maximum atomic E-state index is 12.1. The number of hydrazone groups is 1. The van der Waals surface area contributed by atoms with Gasteiger partial charge in [-0.3, -0.25) is 14.9 Å². The highest BCUT2D eigenvalue weighted by molar-refractivity contribution is 5.86. The van der Waals surface area contributed by atoms with E-state index in [0.717, 1.165) is 6.07 Å². The van der Waals surface area contributed by atoms with Crippen molar-refractivity contribution >= 4 is 17.8 Å². The zero-order valence-corrected chi connectivity index (χ0v) is 15.4. The number of carbonyl (C=O) groups is 1. The molecule has 0 fully saturated rings. The van der Waals surface area contributed by atoms with E-state index in [1.54, 1.807) is 38.3 Å². The second-order valence-corrected chi connectivity index (χ2v) is 5.52. The zero-order valence-electron chi connectivity index (χ0n) is 15.4. The highest BCUT2D eigenvalue weighted by Gasteiger charge is 2.19. The fourth-order valence-electron chi connectivity index (χ4n) is 2.16. The number of ether oxygens (including phenoxy) is 3. The minimum atomic E-state index is -0.839. The number of nitro groups is 1. The van der Waals surface area contributed by atoms with E-state index in [2.05, 4.69) is 10.5 Å². The van der Waals surface area contributed by atoms with Gasteiger partial charge in [0.2, 0.25) is 5.75 Å². The van der Waals surface area contributed by atoms with Gasteiger partial charge in [0, 0.05) is 11.6 Å². The average molecular weight is 389 g/mol. The average Bonchev–Trinajstić information content (AvgIpc) is 2.69. The van der Waals surface area contributed by atoms with Crippen LogP contribution in [-0.4, -0.2) is 42.5 Å². The van der Waals surface area contributed by atoms with Crippen LogP contribution in [-0.2, 0) is 4.79 Å². The standard InChI is InChI=1S/C18H19N3O7/c1-11(28-14-6-4-13(26-2)5-7-14)18(23)20-19-10-12-8-15(21(24)25)17(22)16(9-12)27-3/h4-11,22H,1-3H3,(H,20,23). The number of hydrogen-bond donors (Lipinski definition) is 2. The Labute approximate surface area is 160 Å². The largest absolute Gasteiger partial charge is 0.500 e. The van der Waals surface area contributed by atoms with Crippen LogP contribution in [0.3, 0.4) is 0 Å². The molecule has 0 bridgehead atoms. The summed E-state index contributed by atoms with van der Waals surface area (Å²) < 4.78 is 15.4. The van der Waals surface area contributed by atoms with Crippen LogP contribution in [0.2, 0.25) is 0 Å². The number of phenols is 1. The van der Waals surface area contributed by atoms with E-state index in [1.807, 2.05) is 0 Å². The molecule has 2 aromatic rings. The summed E-state index contributed by atoms with van der Waals surface area (Å²) in [6.07, 6.45) is 0.349. The van der Waals surface area contributed by atoms with Crippen LogP contribution in [0.5, 0.6) is 23.0 Å². The molecule has 2 N–H and O–H groups in total. The molecular weight excluding hydrogens is 370 g/mol. The lowest BCUT2D eigenvalue weighted by Gasteiger charge is -2.13. The highest BCUT2D eigenvalue weighted by Crippen LogP contribution is 2.36. The quantitative estimate of drug-likeness (QED) is 0.402. The number of aromatic hydroxyl groups is 1. The molecule has 1 atom stereocenters. The number of carbonyl (C=O) groups excluding carboxylic acids is 1. The number of nitro benzene ring substituents is 1. The number of rotatable bonds is 8. The third-order valence-corrected chi connectivity index (χ3v) is 3.62. The van der Waals surface area contributed by atoms with Gasteiger partial charge in [0.1, 0.15) is 11.5 Å². The molecule has 1 unspecified atom stereocenters. The third kappa shape index (κ3) is 5.10. The summed E-state index contributed by atoms with van der Waals surface area (Å²) in [4.78, 5) is 22.3. The van der Waals surface area contributed by atoms with Gasteiger partial charge < -0.3 is 19.3 Å². The van der Waals surface area contributed by atoms with Gasteiger partial charge in [0.05, 0.1) is 25.4 Å². The molecule has 2 rings (SSSR count). The minimum Gasteiger partial charge on any atom is -0.500 e. The second kappa shape index (κ2) is 9.21. The van der Waals surface area contributed by atoms with Gasteiger partial charge >= 0.3 is 5.69 Å². The van der Waals surface area contributed by atoms with Gasteiger partial charge in [-0.05, 0) is 37.3 Å². The smallest absolute Gasteiger partial charge is 0.315 e. The minimum absolute atomic E-state index is 0.0850. The first kappa shape index (κ1) is 20.5. The summed E-state index contributed by atoms with van der Waals surface area (Å²) in [5, 5.41) is 24.5. The summed E-state index contributed by atoms with van der Waals surface area (Å²) in [6, 6.07) is 9.16. The lowest BCUT2D eigenvalue weighted by atomic mass is 10.2. The molecule has 0 radical (unpaired) electrons. The third-order valence-electron chi connectivity index (χ3n) is 3.62. The molecule has 0 aliphatic heterocycles. The summed E-state index contributed by atoms with van der Waals surface area (Å²) in [6.45, 7) is 1.55. The van der Waals surface area contributed by atoms with Crippen molar-refractivity contribution < 1.29 is 29.0 Å². The Morgan fingerprint density at radius 1 is 1.21 bits per heavy atom. The first-order chi connectivity index (χ1) is 13.3. The predicted octanol–water partition coefficient (Wildman–Crippen LogP) is 2.24. The molecule has 148 valence electrons. The number of nitrogens with one attached hydrogen (secondary N) is 1. The highest BCUT2D eigenvalue weighted by atomic mass is 16.6. The molecule has 0 heterocycles. The lowest BCUT2D eigenvalue weighted by Crippen LogP contribution is -2.33. The molecule has 2 aromatic carbocycles. The van der Waals surface area contributed by atoms with E-state index in [9.17, 15) is 20.0 Å². The van der Waals surface area contributed by atoms with Crippen molar-refractivity contribution in [2.24, 2.45) is 5.10 Å². The van der Waals surface area contributed by atoms with E-state index >= 15 is 0 Å². The Morgan fingerprint density at radius 2 is 1.86 bits per heavy atom. The molecule has 28 heavy (non-hydrogen) atoms. The van der Waals surface area contributed by atoms with Crippen molar-refractivity contribution in [1.29, 1.82) is 0 Å². The number of nitrogens with zero attached hydrogens (tertiary/aromatic N) is 2. The number of phenolic OH excluding ortho intramolecular Hbond substituents is 1. The summed E-state index contributed by atoms with van der Waals surface area (Å²) in [5.41, 5.74) is 2.00. The topological polar surface area (TPSA) is 133 Å². The first-order valence-electron chi connectivity index (χ1n) is 8.04. The van der Waals surface area contributed by atoms with Crippen molar-refractivity contribution in [3.8, 4) is 23.0 Å². The summed E-state index contributed by atoms with van der Waals surface area (Å²) in [5.74, 6) is -0.0560. The van der Waals surface area contributed by atoms with Crippen LogP contribution in [0.1, 0.15) is 12.5 Å². The Balaban J connectivity index is 2.02. The van der Waals surface area contributed by atoms with Gasteiger partial charge in [0.15, 0.2) is 11.9 Å². The first-order valence-corrected chi connectivity index (χ1v) is 8.04. The molecule has 0 saturated heterocycles. The van der Waals surface area contributed by atoms with Gasteiger partial charge in [0.25, 0.3) is 5.91 Å². The maximum Gasteiger partial charge on any atom is 0.315 e. The van der Waals surface area contributed by atoms with Crippen LogP contribution >= 0.6 is 0 Å². The lowest BCUT2D eigenvalue weighted by molar-refractivity contribution is -0.386. The molecule has 0 aliphatic carbocycles. The van der Waals surface area contributed by atoms with E-state index in [-0.39, 0.29) is 11.3 Å². The van der Waals surface area contributed by atoms with E-state index in [0.29, 0.717) is 11.5 Å². The Hall–Kier alpha value is -3.82. The number of methoxy groups -OCH3 is 2. The van der Waals surface area contributed by atoms with Gasteiger partial charge in [-0.15, -0.1) is 0 Å². The van der Waals surface area contributed by atoms with E-state index < -0.39 is 28.4 Å². The van der Waals surface area contributed by atoms with Crippen LogP contribution in [0.25, 0.3) is 0 Å². The molecule has 0 spiro atoms. The van der Waals surface area contributed by atoms with E-state index in [1.165, 1.54) is 19.4 Å². The van der Waals surface area contributed by atoms with Gasteiger partial charge in [-0.25, -0.2) is 5.43 Å². The van der Waals surface area contributed by atoms with Gasteiger partial charge in [-0.1, -0.05) is 0 Å². The number of benzene rings is 2. The molecule has 0 aromatic heterocycles. The van der Waals surface area contributed by atoms with Crippen LogP contribution in [0.15, 0.2) is 41.5 Å². The van der Waals surface area contributed by atoms with Gasteiger partial charge in [-0.2, -0.15) is 5.10 Å². The van der Waals surface area contributed by atoms with E-state index in [4.69, 9.17) is 14.2 Å². The fraction of sp³-hybridized carbons (Fsp3) is 0.222. The fourth-order valence-corrected chi connectivity index (χ4v) is 2.16. The summed E-state index contributed by atoms with van der Waals surface area (Å²) in [7, 11) is 2.81. The molecule has 0 saturated carbocycles. The zero-order chi connectivity index (χ0) is 20.7.